The van der Waals surface area contributed by atoms with E-state index in [0.717, 1.165) is 63.6 Å². The van der Waals surface area contributed by atoms with Crippen LogP contribution in [0, 0.1) is 6.92 Å². The van der Waals surface area contributed by atoms with Crippen LogP contribution in [0.5, 0.6) is 0 Å². The molecule has 3 aromatic carbocycles. The number of para-hydroxylation sites is 2. The lowest BCUT2D eigenvalue weighted by Crippen LogP contribution is -2.28. The molecule has 1 aliphatic heterocycles. The molecule has 1 aliphatic carbocycles. The summed E-state index contributed by atoms with van der Waals surface area (Å²) in [4.78, 5) is 13.4. The van der Waals surface area contributed by atoms with Gasteiger partial charge in [0.05, 0.1) is 11.3 Å². The van der Waals surface area contributed by atoms with Crippen LogP contribution in [0.2, 0.25) is 0 Å². The van der Waals surface area contributed by atoms with E-state index in [2.05, 4.69) is 84.6 Å². The van der Waals surface area contributed by atoms with Crippen molar-refractivity contribution in [2.75, 3.05) is 0 Å². The van der Waals surface area contributed by atoms with Crippen molar-refractivity contribution >= 4 is 27.8 Å². The third-order valence-corrected chi connectivity index (χ3v) is 7.91. The van der Waals surface area contributed by atoms with Crippen molar-refractivity contribution in [1.29, 1.82) is 0 Å². The molecule has 0 fully saturated rings. The molecule has 0 radical (unpaired) electrons. The van der Waals surface area contributed by atoms with Crippen molar-refractivity contribution in [3.8, 4) is 11.3 Å². The van der Waals surface area contributed by atoms with E-state index < -0.39 is 5.60 Å². The Morgan fingerprint density at radius 3 is 2.26 bits per heavy atom. The van der Waals surface area contributed by atoms with Gasteiger partial charge in [0.25, 0.3) is 0 Å². The molecule has 1 atom stereocenters. The van der Waals surface area contributed by atoms with Gasteiger partial charge < -0.3 is 13.9 Å². The minimum absolute atomic E-state index is 0.236. The number of benzene rings is 3. The second kappa shape index (κ2) is 6.63. The minimum Gasteiger partial charge on any atom is -0.440 e. The van der Waals surface area contributed by atoms with Crippen LogP contribution in [0.15, 0.2) is 66.7 Å². The highest BCUT2D eigenvalue weighted by atomic mass is 16.6. The maximum absolute atomic E-state index is 13.4. The topological polar surface area (TPSA) is 36.2 Å². The fourth-order valence-electron chi connectivity index (χ4n) is 6.57. The molecule has 4 heteroatoms. The van der Waals surface area contributed by atoms with Crippen molar-refractivity contribution in [3.05, 3.63) is 94.7 Å². The number of fused-ring (bicyclic) bond motifs is 6. The van der Waals surface area contributed by atoms with Gasteiger partial charge in [-0.1, -0.05) is 61.9 Å². The Labute approximate surface area is 198 Å². The van der Waals surface area contributed by atoms with Gasteiger partial charge in [-0.05, 0) is 31.5 Å². The number of rotatable bonds is 4. The number of unbranched alkanes of at least 4 members (excludes halogenated alkanes) is 1. The van der Waals surface area contributed by atoms with Crippen molar-refractivity contribution in [1.82, 2.24) is 9.13 Å². The average Bonchev–Trinajstić information content (AvgIpc) is 3.51. The number of carbonyl (C=O) groups is 1. The van der Waals surface area contributed by atoms with Crippen LogP contribution in [0.25, 0.3) is 33.1 Å². The first-order chi connectivity index (χ1) is 16.6. The molecular weight excluding hydrogens is 420 g/mol. The first kappa shape index (κ1) is 19.7. The van der Waals surface area contributed by atoms with Crippen LogP contribution < -0.4 is 0 Å². The Bertz CT molecular complexity index is 1670. The van der Waals surface area contributed by atoms with E-state index in [1.807, 2.05) is 12.1 Å². The highest BCUT2D eigenvalue weighted by Gasteiger charge is 2.58. The molecule has 3 heterocycles. The Morgan fingerprint density at radius 2 is 1.50 bits per heavy atom. The van der Waals surface area contributed by atoms with Gasteiger partial charge in [0.1, 0.15) is 0 Å². The summed E-state index contributed by atoms with van der Waals surface area (Å²) in [6.07, 6.45) is 2.23. The van der Waals surface area contributed by atoms with E-state index >= 15 is 0 Å². The molecule has 0 N–H and O–H groups in total. The Hall–Kier alpha value is -3.79. The third kappa shape index (κ3) is 2.12. The van der Waals surface area contributed by atoms with E-state index in [4.69, 9.17) is 4.74 Å². The largest absolute Gasteiger partial charge is 0.440 e. The summed E-state index contributed by atoms with van der Waals surface area (Å²) < 4.78 is 11.3. The molecule has 1 unspecified atom stereocenters. The zero-order valence-corrected chi connectivity index (χ0v) is 19.7. The smallest absolute Gasteiger partial charge is 0.340 e. The molecule has 0 amide bonds. The summed E-state index contributed by atoms with van der Waals surface area (Å²) in [5.74, 6) is -0.236. The second-order valence-electron chi connectivity index (χ2n) is 9.58. The average molecular weight is 447 g/mol. The minimum atomic E-state index is -0.944. The molecule has 2 aromatic heterocycles. The lowest BCUT2D eigenvalue weighted by molar-refractivity contribution is 0.0268. The number of hydrogen-bond acceptors (Lipinski definition) is 2. The van der Waals surface area contributed by atoms with Gasteiger partial charge >= 0.3 is 5.97 Å². The fourth-order valence-corrected chi connectivity index (χ4v) is 6.57. The zero-order chi connectivity index (χ0) is 23.2. The first-order valence-electron chi connectivity index (χ1n) is 12.1. The van der Waals surface area contributed by atoms with Crippen molar-refractivity contribution in [2.45, 2.75) is 38.8 Å². The molecule has 168 valence electrons. The van der Waals surface area contributed by atoms with Gasteiger partial charge in [0.2, 0.25) is 0 Å². The van der Waals surface area contributed by atoms with E-state index in [0.29, 0.717) is 5.56 Å². The van der Waals surface area contributed by atoms with Gasteiger partial charge in [-0.2, -0.15) is 0 Å². The maximum Gasteiger partial charge on any atom is 0.340 e. The molecule has 0 saturated carbocycles. The van der Waals surface area contributed by atoms with E-state index in [-0.39, 0.29) is 5.97 Å². The quantitative estimate of drug-likeness (QED) is 0.289. The standard InChI is InChI=1S/C30H26N2O2/c1-4-5-17-32-18(2)25(20-12-7-9-16-24(20)32)30-26-21(13-10-14-22(26)29(33)34-30)28-27(30)19-11-6-8-15-23(19)31(28)3/h6-16H,4-5,17H2,1-3H3. The number of ether oxygens (including phenoxy) is 1. The normalized spacial score (nSPS) is 18.0. The summed E-state index contributed by atoms with van der Waals surface area (Å²) in [7, 11) is 2.12. The summed E-state index contributed by atoms with van der Waals surface area (Å²) in [6.45, 7) is 5.36. The predicted molar refractivity (Wildman–Crippen MR) is 135 cm³/mol. The number of carbonyl (C=O) groups excluding carboxylic acids is 1. The maximum atomic E-state index is 13.4. The molecule has 7 rings (SSSR count). The van der Waals surface area contributed by atoms with Crippen LogP contribution in [-0.2, 0) is 23.9 Å². The molecule has 34 heavy (non-hydrogen) atoms. The lowest BCUT2D eigenvalue weighted by atomic mass is 9.81. The summed E-state index contributed by atoms with van der Waals surface area (Å²) in [5, 5.41) is 2.30. The Kier molecular flexibility index (Phi) is 3.83. The van der Waals surface area contributed by atoms with Crippen LogP contribution in [0.3, 0.4) is 0 Å². The molecule has 0 spiro atoms. The zero-order valence-electron chi connectivity index (χ0n) is 19.7. The van der Waals surface area contributed by atoms with Gasteiger partial charge in [-0.25, -0.2) is 4.79 Å². The van der Waals surface area contributed by atoms with Crippen LogP contribution in [0.1, 0.15) is 52.5 Å². The molecular formula is C30H26N2O2. The molecule has 0 saturated heterocycles. The van der Waals surface area contributed by atoms with Crippen molar-refractivity contribution in [3.63, 3.8) is 0 Å². The fraction of sp³-hybridized carbons (Fsp3) is 0.233. The SMILES string of the molecule is CCCCn1c(C)c(C23OC(=O)c4cccc(c42)-c2c3c3ccccc3n2C)c2ccccc21. The van der Waals surface area contributed by atoms with Gasteiger partial charge in [0.15, 0.2) is 5.60 Å². The third-order valence-electron chi connectivity index (χ3n) is 7.91. The highest BCUT2D eigenvalue weighted by Crippen LogP contribution is 2.62. The monoisotopic (exact) mass is 446 g/mol. The highest BCUT2D eigenvalue weighted by molar-refractivity contribution is 6.08. The van der Waals surface area contributed by atoms with E-state index in [9.17, 15) is 4.79 Å². The van der Waals surface area contributed by atoms with E-state index in [1.165, 1.54) is 11.2 Å². The number of nitrogens with zero attached hydrogens (tertiary/aromatic N) is 2. The molecule has 4 nitrogen and oxygen atoms in total. The summed E-state index contributed by atoms with van der Waals surface area (Å²) >= 11 is 0. The number of aromatic nitrogens is 2. The van der Waals surface area contributed by atoms with E-state index in [1.54, 1.807) is 0 Å². The number of hydrogen-bond donors (Lipinski definition) is 0. The van der Waals surface area contributed by atoms with Crippen molar-refractivity contribution in [2.24, 2.45) is 7.05 Å². The van der Waals surface area contributed by atoms with Crippen molar-refractivity contribution < 1.29 is 9.53 Å². The predicted octanol–water partition coefficient (Wildman–Crippen LogP) is 6.68. The Morgan fingerprint density at radius 1 is 0.824 bits per heavy atom. The van der Waals surface area contributed by atoms with Crippen LogP contribution in [0.4, 0.5) is 0 Å². The molecule has 0 bridgehead atoms. The Balaban J connectivity index is 1.69. The van der Waals surface area contributed by atoms with Crippen LogP contribution >= 0.6 is 0 Å². The lowest BCUT2D eigenvalue weighted by Gasteiger charge is -2.27. The molecule has 5 aromatic rings. The van der Waals surface area contributed by atoms with Gasteiger partial charge in [-0.3, -0.25) is 0 Å². The number of aryl methyl sites for hydroxylation is 2. The summed E-state index contributed by atoms with van der Waals surface area (Å²) in [6, 6.07) is 23.1. The number of esters is 1. The van der Waals surface area contributed by atoms with Gasteiger partial charge in [0, 0.05) is 63.3 Å². The van der Waals surface area contributed by atoms with Gasteiger partial charge in [-0.15, -0.1) is 0 Å². The van der Waals surface area contributed by atoms with Crippen LogP contribution in [-0.4, -0.2) is 15.1 Å². The molecule has 2 aliphatic rings. The summed E-state index contributed by atoms with van der Waals surface area (Å²) in [5.41, 5.74) is 8.72. The second-order valence-corrected chi connectivity index (χ2v) is 9.58. The first-order valence-corrected chi connectivity index (χ1v) is 12.1.